The molecular formula is C36H31N. The normalized spacial score (nSPS) is 11.8. The maximum absolute atomic E-state index is 2.37. The fraction of sp³-hybridized carbons (Fsp3) is 0.0556. The summed E-state index contributed by atoms with van der Waals surface area (Å²) in [6, 6.07) is 49.3. The standard InChI is InChI=1S/C36H31N/c1-28-18-22-33(23-19-28)37(34-24-20-29(2)21-25-34)36(27-31-14-8-4-9-15-31)35(32-16-10-5-11-17-32)26-30-12-6-3-7-13-30/h3-27H,1-2H3. The largest absolute Gasteiger partial charge is 0.310 e. The van der Waals surface area contributed by atoms with Gasteiger partial charge in [0, 0.05) is 16.9 Å². The highest BCUT2D eigenvalue weighted by molar-refractivity contribution is 5.99. The molecule has 0 atom stereocenters. The van der Waals surface area contributed by atoms with E-state index in [1.54, 1.807) is 0 Å². The Morgan fingerprint density at radius 3 is 1.32 bits per heavy atom. The van der Waals surface area contributed by atoms with Crippen LogP contribution in [0.15, 0.2) is 145 Å². The van der Waals surface area contributed by atoms with E-state index in [1.807, 2.05) is 0 Å². The van der Waals surface area contributed by atoms with E-state index < -0.39 is 0 Å². The third-order valence-corrected chi connectivity index (χ3v) is 6.40. The van der Waals surface area contributed by atoms with Gasteiger partial charge in [-0.05, 0) is 67.0 Å². The van der Waals surface area contributed by atoms with Gasteiger partial charge in [0.15, 0.2) is 0 Å². The van der Waals surface area contributed by atoms with Crippen LogP contribution in [-0.4, -0.2) is 0 Å². The number of benzene rings is 5. The number of hydrogen-bond acceptors (Lipinski definition) is 1. The SMILES string of the molecule is Cc1ccc(N(C(=Cc2ccccc2)C(=Cc2ccccc2)c2ccccc2)c2ccc(C)cc2)cc1. The highest BCUT2D eigenvalue weighted by Crippen LogP contribution is 2.39. The van der Waals surface area contributed by atoms with E-state index in [-0.39, 0.29) is 0 Å². The van der Waals surface area contributed by atoms with Crippen molar-refractivity contribution in [3.63, 3.8) is 0 Å². The summed E-state index contributed by atoms with van der Waals surface area (Å²) in [5.41, 5.74) is 10.4. The minimum Gasteiger partial charge on any atom is -0.310 e. The first kappa shape index (κ1) is 24.1. The molecule has 5 rings (SSSR count). The molecule has 0 aliphatic heterocycles. The molecule has 0 aliphatic carbocycles. The first-order valence-electron chi connectivity index (χ1n) is 12.7. The van der Waals surface area contributed by atoms with Gasteiger partial charge in [0.2, 0.25) is 0 Å². The molecule has 5 aromatic rings. The van der Waals surface area contributed by atoms with Gasteiger partial charge in [0.25, 0.3) is 0 Å². The predicted molar refractivity (Wildman–Crippen MR) is 160 cm³/mol. The molecule has 0 unspecified atom stereocenters. The zero-order valence-electron chi connectivity index (χ0n) is 21.4. The second-order valence-electron chi connectivity index (χ2n) is 9.28. The Morgan fingerprint density at radius 1 is 0.459 bits per heavy atom. The Bertz CT molecular complexity index is 1430. The van der Waals surface area contributed by atoms with E-state index in [1.165, 1.54) is 11.1 Å². The number of anilines is 2. The average molecular weight is 478 g/mol. The Morgan fingerprint density at radius 2 is 0.865 bits per heavy atom. The Hall–Kier alpha value is -4.62. The first-order chi connectivity index (χ1) is 18.2. The Labute approximate surface area is 220 Å². The molecule has 180 valence electrons. The van der Waals surface area contributed by atoms with Crippen LogP contribution in [0.1, 0.15) is 27.8 Å². The number of aryl methyl sites for hydroxylation is 2. The third kappa shape index (κ3) is 5.97. The minimum atomic E-state index is 1.11. The van der Waals surface area contributed by atoms with Gasteiger partial charge in [-0.2, -0.15) is 0 Å². The molecule has 0 N–H and O–H groups in total. The molecule has 0 heterocycles. The van der Waals surface area contributed by atoms with Crippen LogP contribution in [0.2, 0.25) is 0 Å². The second kappa shape index (κ2) is 11.4. The van der Waals surface area contributed by atoms with Crippen LogP contribution in [0.25, 0.3) is 17.7 Å². The smallest absolute Gasteiger partial charge is 0.0546 e. The van der Waals surface area contributed by atoms with Gasteiger partial charge in [-0.25, -0.2) is 0 Å². The summed E-state index contributed by atoms with van der Waals surface area (Å²) in [6.45, 7) is 4.26. The number of allylic oxidation sites excluding steroid dienone is 1. The van der Waals surface area contributed by atoms with Crippen LogP contribution in [-0.2, 0) is 0 Å². The highest BCUT2D eigenvalue weighted by atomic mass is 15.1. The third-order valence-electron chi connectivity index (χ3n) is 6.40. The molecular weight excluding hydrogens is 446 g/mol. The zero-order chi connectivity index (χ0) is 25.5. The molecule has 0 saturated carbocycles. The lowest BCUT2D eigenvalue weighted by Crippen LogP contribution is -2.18. The molecule has 0 spiro atoms. The molecule has 0 bridgehead atoms. The van der Waals surface area contributed by atoms with Gasteiger partial charge in [-0.1, -0.05) is 126 Å². The van der Waals surface area contributed by atoms with Gasteiger partial charge in [-0.3, -0.25) is 0 Å². The van der Waals surface area contributed by atoms with Crippen LogP contribution >= 0.6 is 0 Å². The van der Waals surface area contributed by atoms with E-state index >= 15 is 0 Å². The lowest BCUT2D eigenvalue weighted by atomic mass is 9.96. The zero-order valence-corrected chi connectivity index (χ0v) is 21.4. The maximum atomic E-state index is 2.37. The number of rotatable bonds is 7. The van der Waals surface area contributed by atoms with Gasteiger partial charge >= 0.3 is 0 Å². The lowest BCUT2D eigenvalue weighted by molar-refractivity contribution is 1.22. The molecule has 0 saturated heterocycles. The summed E-state index contributed by atoms with van der Waals surface area (Å²) in [5, 5.41) is 0. The van der Waals surface area contributed by atoms with Crippen molar-refractivity contribution in [2.24, 2.45) is 0 Å². The molecule has 0 aliphatic rings. The van der Waals surface area contributed by atoms with Gasteiger partial charge in [0.05, 0.1) is 5.70 Å². The van der Waals surface area contributed by atoms with Crippen molar-refractivity contribution in [3.05, 3.63) is 173 Å². The fourth-order valence-electron chi connectivity index (χ4n) is 4.42. The second-order valence-corrected chi connectivity index (χ2v) is 9.28. The van der Waals surface area contributed by atoms with Crippen molar-refractivity contribution < 1.29 is 0 Å². The topological polar surface area (TPSA) is 3.24 Å². The molecule has 0 aromatic heterocycles. The van der Waals surface area contributed by atoms with E-state index in [2.05, 4.69) is 170 Å². The van der Waals surface area contributed by atoms with Crippen molar-refractivity contribution in [1.29, 1.82) is 0 Å². The monoisotopic (exact) mass is 477 g/mol. The van der Waals surface area contributed by atoms with Crippen molar-refractivity contribution >= 4 is 29.1 Å². The molecule has 0 radical (unpaired) electrons. The van der Waals surface area contributed by atoms with Gasteiger partial charge in [0.1, 0.15) is 0 Å². The molecule has 0 fully saturated rings. The number of hydrogen-bond donors (Lipinski definition) is 0. The van der Waals surface area contributed by atoms with Crippen LogP contribution in [0.4, 0.5) is 11.4 Å². The van der Waals surface area contributed by atoms with E-state index in [9.17, 15) is 0 Å². The van der Waals surface area contributed by atoms with Crippen molar-refractivity contribution in [1.82, 2.24) is 0 Å². The van der Waals surface area contributed by atoms with Crippen LogP contribution in [0.5, 0.6) is 0 Å². The number of nitrogens with zero attached hydrogens (tertiary/aromatic N) is 1. The summed E-state index contributed by atoms with van der Waals surface area (Å²) in [7, 11) is 0. The molecule has 5 aromatic carbocycles. The maximum Gasteiger partial charge on any atom is 0.0546 e. The highest BCUT2D eigenvalue weighted by Gasteiger charge is 2.20. The van der Waals surface area contributed by atoms with Crippen LogP contribution in [0.3, 0.4) is 0 Å². The summed E-state index contributed by atoms with van der Waals surface area (Å²) in [5.74, 6) is 0. The molecule has 37 heavy (non-hydrogen) atoms. The summed E-state index contributed by atoms with van der Waals surface area (Å²) < 4.78 is 0. The quantitative estimate of drug-likeness (QED) is 0.167. The van der Waals surface area contributed by atoms with E-state index in [0.29, 0.717) is 0 Å². The van der Waals surface area contributed by atoms with Crippen molar-refractivity contribution in [2.45, 2.75) is 13.8 Å². The predicted octanol–water partition coefficient (Wildman–Crippen LogP) is 9.72. The van der Waals surface area contributed by atoms with E-state index in [0.717, 1.165) is 39.3 Å². The summed E-state index contributed by atoms with van der Waals surface area (Å²) in [6.07, 6.45) is 4.58. The van der Waals surface area contributed by atoms with Gasteiger partial charge < -0.3 is 4.90 Å². The lowest BCUT2D eigenvalue weighted by Gasteiger charge is -2.30. The molecule has 1 heteroatoms. The fourth-order valence-corrected chi connectivity index (χ4v) is 4.42. The molecule has 0 amide bonds. The average Bonchev–Trinajstić information content (AvgIpc) is 2.95. The molecule has 1 nitrogen and oxygen atoms in total. The van der Waals surface area contributed by atoms with Crippen molar-refractivity contribution in [3.8, 4) is 0 Å². The summed E-state index contributed by atoms with van der Waals surface area (Å²) >= 11 is 0. The Kier molecular flexibility index (Phi) is 7.43. The summed E-state index contributed by atoms with van der Waals surface area (Å²) in [4.78, 5) is 2.37. The van der Waals surface area contributed by atoms with Crippen LogP contribution in [0, 0.1) is 13.8 Å². The van der Waals surface area contributed by atoms with E-state index in [4.69, 9.17) is 0 Å². The minimum absolute atomic E-state index is 1.11. The Balaban J connectivity index is 1.81. The van der Waals surface area contributed by atoms with Gasteiger partial charge in [-0.15, -0.1) is 0 Å². The first-order valence-corrected chi connectivity index (χ1v) is 12.7. The van der Waals surface area contributed by atoms with Crippen molar-refractivity contribution in [2.75, 3.05) is 4.90 Å². The van der Waals surface area contributed by atoms with Crippen LogP contribution < -0.4 is 4.90 Å².